The molecule has 1 amide bonds. The quantitative estimate of drug-likeness (QED) is 0.814. The van der Waals surface area contributed by atoms with Crippen molar-refractivity contribution in [2.45, 2.75) is 33.1 Å². The fourth-order valence-corrected chi connectivity index (χ4v) is 2.64. The maximum Gasteiger partial charge on any atom is 0.234 e. The first-order valence-corrected chi connectivity index (χ1v) is 6.27. The lowest BCUT2D eigenvalue weighted by molar-refractivity contribution is -0.120. The predicted molar refractivity (Wildman–Crippen MR) is 71.1 cm³/mol. The van der Waals surface area contributed by atoms with Gasteiger partial charge in [0.25, 0.3) is 0 Å². The lowest BCUT2D eigenvalue weighted by Gasteiger charge is -2.18. The highest BCUT2D eigenvalue weighted by Gasteiger charge is 2.39. The predicted octanol–water partition coefficient (Wildman–Crippen LogP) is 2.76. The van der Waals surface area contributed by atoms with Crippen molar-refractivity contribution in [3.63, 3.8) is 0 Å². The third-order valence-electron chi connectivity index (χ3n) is 3.35. The second-order valence-corrected chi connectivity index (χ2v) is 5.00. The van der Waals surface area contributed by atoms with Crippen LogP contribution >= 0.6 is 0 Å². The zero-order valence-corrected chi connectivity index (χ0v) is 10.7. The molecule has 0 saturated carbocycles. The lowest BCUT2D eigenvalue weighted by Crippen LogP contribution is -2.31. The Morgan fingerprint density at radius 1 is 1.41 bits per heavy atom. The van der Waals surface area contributed by atoms with Crippen molar-refractivity contribution in [2.75, 3.05) is 17.2 Å². The smallest absolute Gasteiger partial charge is 0.234 e. The summed E-state index contributed by atoms with van der Waals surface area (Å²) in [5.74, 6) is 0.486. The molecule has 1 aromatic rings. The SMILES string of the molecule is CCCN1C(=O)C(C(C)C)c2cccc(N)c21. The zero-order chi connectivity index (χ0) is 12.6. The van der Waals surface area contributed by atoms with Crippen LogP contribution in [0.1, 0.15) is 38.7 Å². The molecule has 1 heterocycles. The highest BCUT2D eigenvalue weighted by molar-refractivity contribution is 6.07. The van der Waals surface area contributed by atoms with E-state index in [4.69, 9.17) is 5.73 Å². The summed E-state index contributed by atoms with van der Waals surface area (Å²) in [7, 11) is 0. The zero-order valence-electron chi connectivity index (χ0n) is 10.7. The number of benzene rings is 1. The van der Waals surface area contributed by atoms with E-state index in [-0.39, 0.29) is 11.8 Å². The molecular weight excluding hydrogens is 212 g/mol. The van der Waals surface area contributed by atoms with Crippen LogP contribution in [0, 0.1) is 5.92 Å². The van der Waals surface area contributed by atoms with Gasteiger partial charge in [0.1, 0.15) is 0 Å². The van der Waals surface area contributed by atoms with E-state index < -0.39 is 0 Å². The molecule has 0 spiro atoms. The van der Waals surface area contributed by atoms with Gasteiger partial charge >= 0.3 is 0 Å². The monoisotopic (exact) mass is 232 g/mol. The first-order chi connectivity index (χ1) is 8.07. The van der Waals surface area contributed by atoms with Crippen LogP contribution in [-0.2, 0) is 4.79 Å². The minimum atomic E-state index is -0.0277. The van der Waals surface area contributed by atoms with Gasteiger partial charge < -0.3 is 10.6 Å². The fraction of sp³-hybridized carbons (Fsp3) is 0.500. The van der Waals surface area contributed by atoms with Gasteiger partial charge in [0, 0.05) is 6.54 Å². The molecule has 3 nitrogen and oxygen atoms in total. The third kappa shape index (κ3) is 1.79. The highest BCUT2D eigenvalue weighted by Crippen LogP contribution is 2.44. The molecular formula is C14H20N2O. The molecule has 1 atom stereocenters. The Hall–Kier alpha value is -1.51. The molecule has 2 N–H and O–H groups in total. The Kier molecular flexibility index (Phi) is 3.09. The fourth-order valence-electron chi connectivity index (χ4n) is 2.64. The van der Waals surface area contributed by atoms with Gasteiger partial charge in [-0.3, -0.25) is 4.79 Å². The van der Waals surface area contributed by atoms with Gasteiger partial charge in [-0.25, -0.2) is 0 Å². The molecule has 17 heavy (non-hydrogen) atoms. The Bertz CT molecular complexity index is 440. The van der Waals surface area contributed by atoms with Crippen molar-refractivity contribution in [2.24, 2.45) is 5.92 Å². The lowest BCUT2D eigenvalue weighted by atomic mass is 9.89. The van der Waals surface area contributed by atoms with Crippen molar-refractivity contribution in [1.82, 2.24) is 0 Å². The van der Waals surface area contributed by atoms with Crippen molar-refractivity contribution in [3.8, 4) is 0 Å². The third-order valence-corrected chi connectivity index (χ3v) is 3.35. The van der Waals surface area contributed by atoms with Gasteiger partial charge in [-0.1, -0.05) is 32.9 Å². The molecule has 1 aliphatic heterocycles. The molecule has 92 valence electrons. The number of fused-ring (bicyclic) bond motifs is 1. The number of hydrogen-bond donors (Lipinski definition) is 1. The van der Waals surface area contributed by atoms with Crippen LogP contribution in [0.4, 0.5) is 11.4 Å². The summed E-state index contributed by atoms with van der Waals surface area (Å²) in [6, 6.07) is 5.84. The Morgan fingerprint density at radius 2 is 2.12 bits per heavy atom. The number of carbonyl (C=O) groups excluding carboxylic acids is 1. The number of nitrogens with two attached hydrogens (primary N) is 1. The topological polar surface area (TPSA) is 46.3 Å². The number of amides is 1. The van der Waals surface area contributed by atoms with Crippen molar-refractivity contribution in [1.29, 1.82) is 0 Å². The first kappa shape index (κ1) is 12.0. The largest absolute Gasteiger partial charge is 0.397 e. The number of anilines is 2. The van der Waals surface area contributed by atoms with Crippen LogP contribution in [0.3, 0.4) is 0 Å². The molecule has 1 aliphatic rings. The molecule has 0 saturated heterocycles. The number of rotatable bonds is 3. The van der Waals surface area contributed by atoms with Crippen LogP contribution in [0.5, 0.6) is 0 Å². The normalized spacial score (nSPS) is 18.9. The number of para-hydroxylation sites is 1. The molecule has 3 heteroatoms. The molecule has 1 unspecified atom stereocenters. The molecule has 1 aromatic carbocycles. The van der Waals surface area contributed by atoms with Crippen LogP contribution in [0.25, 0.3) is 0 Å². The molecule has 0 fully saturated rings. The average Bonchev–Trinajstić information content (AvgIpc) is 2.54. The van der Waals surface area contributed by atoms with E-state index in [1.165, 1.54) is 0 Å². The maximum atomic E-state index is 12.4. The summed E-state index contributed by atoms with van der Waals surface area (Å²) in [6.07, 6.45) is 0.949. The summed E-state index contributed by atoms with van der Waals surface area (Å²) < 4.78 is 0. The Labute approximate surface area is 103 Å². The Balaban J connectivity index is 2.53. The van der Waals surface area contributed by atoms with Gasteiger partial charge in [0.05, 0.1) is 17.3 Å². The van der Waals surface area contributed by atoms with Crippen LogP contribution in [-0.4, -0.2) is 12.5 Å². The summed E-state index contributed by atoms with van der Waals surface area (Å²) in [5, 5.41) is 0. The van der Waals surface area contributed by atoms with E-state index in [1.807, 2.05) is 23.1 Å². The number of carbonyl (C=O) groups is 1. The van der Waals surface area contributed by atoms with Gasteiger partial charge in [0.2, 0.25) is 5.91 Å². The maximum absolute atomic E-state index is 12.4. The van der Waals surface area contributed by atoms with Crippen molar-refractivity contribution < 1.29 is 4.79 Å². The van der Waals surface area contributed by atoms with E-state index >= 15 is 0 Å². The summed E-state index contributed by atoms with van der Waals surface area (Å²) >= 11 is 0. The van der Waals surface area contributed by atoms with Gasteiger partial charge in [-0.2, -0.15) is 0 Å². The second kappa shape index (κ2) is 4.40. The van der Waals surface area contributed by atoms with Crippen molar-refractivity contribution in [3.05, 3.63) is 23.8 Å². The van der Waals surface area contributed by atoms with E-state index in [1.54, 1.807) is 0 Å². The van der Waals surface area contributed by atoms with Crippen LogP contribution < -0.4 is 10.6 Å². The standard InChI is InChI=1S/C14H20N2O/c1-4-8-16-13-10(6-5-7-11(13)15)12(9(2)3)14(16)17/h5-7,9,12H,4,8,15H2,1-3H3. The van der Waals surface area contributed by atoms with Crippen LogP contribution in [0.15, 0.2) is 18.2 Å². The van der Waals surface area contributed by atoms with Gasteiger partial charge in [-0.05, 0) is 24.0 Å². The van der Waals surface area contributed by atoms with Crippen molar-refractivity contribution >= 4 is 17.3 Å². The van der Waals surface area contributed by atoms with Crippen LogP contribution in [0.2, 0.25) is 0 Å². The summed E-state index contributed by atoms with van der Waals surface area (Å²) in [4.78, 5) is 14.3. The van der Waals surface area contributed by atoms with Gasteiger partial charge in [-0.15, -0.1) is 0 Å². The Morgan fingerprint density at radius 3 is 2.71 bits per heavy atom. The van der Waals surface area contributed by atoms with E-state index in [0.29, 0.717) is 11.6 Å². The molecule has 0 aliphatic carbocycles. The first-order valence-electron chi connectivity index (χ1n) is 6.27. The summed E-state index contributed by atoms with van der Waals surface area (Å²) in [5.41, 5.74) is 8.78. The summed E-state index contributed by atoms with van der Waals surface area (Å²) in [6.45, 7) is 7.01. The average molecular weight is 232 g/mol. The number of hydrogen-bond acceptors (Lipinski definition) is 2. The molecule has 0 radical (unpaired) electrons. The molecule has 0 aromatic heterocycles. The highest BCUT2D eigenvalue weighted by atomic mass is 16.2. The minimum absolute atomic E-state index is 0.0277. The number of nitrogens with zero attached hydrogens (tertiary/aromatic N) is 1. The minimum Gasteiger partial charge on any atom is -0.397 e. The molecule has 2 rings (SSSR count). The van der Waals surface area contributed by atoms with E-state index in [0.717, 1.165) is 24.2 Å². The number of nitrogen functional groups attached to an aromatic ring is 1. The molecule has 0 bridgehead atoms. The van der Waals surface area contributed by atoms with E-state index in [2.05, 4.69) is 20.8 Å². The van der Waals surface area contributed by atoms with E-state index in [9.17, 15) is 4.79 Å². The second-order valence-electron chi connectivity index (χ2n) is 5.00. The van der Waals surface area contributed by atoms with Gasteiger partial charge in [0.15, 0.2) is 0 Å².